The molecule has 3 nitrogen and oxygen atoms in total. The molecular formula is C12H15N3S. The predicted molar refractivity (Wildman–Crippen MR) is 69.7 cm³/mol. The van der Waals surface area contributed by atoms with E-state index in [1.54, 1.807) is 11.3 Å². The Labute approximate surface area is 99.3 Å². The SMILES string of the molecule is CCc1cnc(CNc2ccc(N)cc2)s1. The van der Waals surface area contributed by atoms with Gasteiger partial charge in [-0.1, -0.05) is 6.92 Å². The zero-order valence-electron chi connectivity index (χ0n) is 9.23. The average Bonchev–Trinajstić information content (AvgIpc) is 2.76. The highest BCUT2D eigenvalue weighted by atomic mass is 32.1. The number of anilines is 2. The molecule has 16 heavy (non-hydrogen) atoms. The van der Waals surface area contributed by atoms with Crippen molar-refractivity contribution in [2.24, 2.45) is 0 Å². The third-order valence-corrected chi connectivity index (χ3v) is 3.45. The number of hydrogen-bond donors (Lipinski definition) is 2. The molecule has 0 radical (unpaired) electrons. The summed E-state index contributed by atoms with van der Waals surface area (Å²) in [5.41, 5.74) is 7.47. The average molecular weight is 233 g/mol. The van der Waals surface area contributed by atoms with Gasteiger partial charge in [0.2, 0.25) is 0 Å². The summed E-state index contributed by atoms with van der Waals surface area (Å²) in [5.74, 6) is 0. The van der Waals surface area contributed by atoms with E-state index in [9.17, 15) is 0 Å². The molecule has 4 heteroatoms. The first kappa shape index (κ1) is 11.0. The van der Waals surface area contributed by atoms with Gasteiger partial charge in [0.25, 0.3) is 0 Å². The van der Waals surface area contributed by atoms with Crippen LogP contribution in [-0.2, 0) is 13.0 Å². The van der Waals surface area contributed by atoms with Crippen LogP contribution in [0.25, 0.3) is 0 Å². The Hall–Kier alpha value is -1.55. The normalized spacial score (nSPS) is 10.3. The first-order valence-corrected chi connectivity index (χ1v) is 6.12. The summed E-state index contributed by atoms with van der Waals surface area (Å²) >= 11 is 1.76. The molecule has 0 bridgehead atoms. The van der Waals surface area contributed by atoms with E-state index in [0.29, 0.717) is 0 Å². The number of nitrogen functional groups attached to an aromatic ring is 1. The molecule has 2 rings (SSSR count). The number of aryl methyl sites for hydroxylation is 1. The van der Waals surface area contributed by atoms with Gasteiger partial charge in [0, 0.05) is 22.4 Å². The predicted octanol–water partition coefficient (Wildman–Crippen LogP) is 2.90. The van der Waals surface area contributed by atoms with Crippen LogP contribution in [0.4, 0.5) is 11.4 Å². The molecule has 1 aromatic heterocycles. The lowest BCUT2D eigenvalue weighted by atomic mass is 10.3. The second-order valence-corrected chi connectivity index (χ2v) is 4.75. The number of thiazole rings is 1. The van der Waals surface area contributed by atoms with E-state index >= 15 is 0 Å². The molecule has 1 heterocycles. The fourth-order valence-corrected chi connectivity index (χ4v) is 2.17. The van der Waals surface area contributed by atoms with Gasteiger partial charge in [-0.15, -0.1) is 11.3 Å². The number of rotatable bonds is 4. The molecule has 2 aromatic rings. The van der Waals surface area contributed by atoms with Gasteiger partial charge >= 0.3 is 0 Å². The molecule has 0 saturated carbocycles. The number of benzene rings is 1. The van der Waals surface area contributed by atoms with Crippen LogP contribution in [0.3, 0.4) is 0 Å². The molecule has 3 N–H and O–H groups in total. The van der Waals surface area contributed by atoms with Crippen LogP contribution >= 0.6 is 11.3 Å². The summed E-state index contributed by atoms with van der Waals surface area (Å²) in [6.07, 6.45) is 3.00. The molecule has 0 amide bonds. The third-order valence-electron chi connectivity index (χ3n) is 2.30. The maximum Gasteiger partial charge on any atom is 0.112 e. The van der Waals surface area contributed by atoms with Crippen LogP contribution in [0.1, 0.15) is 16.8 Å². The quantitative estimate of drug-likeness (QED) is 0.798. The lowest BCUT2D eigenvalue weighted by Gasteiger charge is -2.03. The van der Waals surface area contributed by atoms with Gasteiger partial charge in [0.05, 0.1) is 6.54 Å². The minimum atomic E-state index is 0.772. The Bertz CT molecular complexity index is 448. The van der Waals surface area contributed by atoms with Gasteiger partial charge in [0.15, 0.2) is 0 Å². The van der Waals surface area contributed by atoms with Crippen molar-refractivity contribution in [1.29, 1.82) is 0 Å². The van der Waals surface area contributed by atoms with Crippen molar-refractivity contribution in [3.8, 4) is 0 Å². The van der Waals surface area contributed by atoms with Gasteiger partial charge in [-0.2, -0.15) is 0 Å². The molecule has 0 saturated heterocycles. The van der Waals surface area contributed by atoms with E-state index < -0.39 is 0 Å². The Kier molecular flexibility index (Phi) is 3.41. The van der Waals surface area contributed by atoms with Crippen LogP contribution < -0.4 is 11.1 Å². The summed E-state index contributed by atoms with van der Waals surface area (Å²) in [6, 6.07) is 7.73. The summed E-state index contributed by atoms with van der Waals surface area (Å²) in [4.78, 5) is 5.68. The van der Waals surface area contributed by atoms with E-state index in [1.807, 2.05) is 30.5 Å². The molecule has 1 aromatic carbocycles. The molecule has 0 atom stereocenters. The van der Waals surface area contributed by atoms with Crippen molar-refractivity contribution in [2.75, 3.05) is 11.1 Å². The van der Waals surface area contributed by atoms with Crippen molar-refractivity contribution in [3.63, 3.8) is 0 Å². The van der Waals surface area contributed by atoms with Crippen LogP contribution in [0.5, 0.6) is 0 Å². The van der Waals surface area contributed by atoms with Gasteiger partial charge in [-0.05, 0) is 30.7 Å². The number of nitrogens with two attached hydrogens (primary N) is 1. The highest BCUT2D eigenvalue weighted by molar-refractivity contribution is 7.11. The van der Waals surface area contributed by atoms with Crippen molar-refractivity contribution < 1.29 is 0 Å². The van der Waals surface area contributed by atoms with Gasteiger partial charge < -0.3 is 11.1 Å². The van der Waals surface area contributed by atoms with Crippen LogP contribution in [0.2, 0.25) is 0 Å². The smallest absolute Gasteiger partial charge is 0.112 e. The monoisotopic (exact) mass is 233 g/mol. The first-order valence-electron chi connectivity index (χ1n) is 5.31. The fourth-order valence-electron chi connectivity index (χ4n) is 1.37. The molecule has 0 fully saturated rings. The zero-order valence-corrected chi connectivity index (χ0v) is 10.1. The summed E-state index contributed by atoms with van der Waals surface area (Å²) in [5, 5.41) is 4.44. The minimum Gasteiger partial charge on any atom is -0.399 e. The molecule has 0 aliphatic heterocycles. The van der Waals surface area contributed by atoms with Crippen LogP contribution in [-0.4, -0.2) is 4.98 Å². The summed E-state index contributed by atoms with van der Waals surface area (Å²) in [6.45, 7) is 2.92. The zero-order chi connectivity index (χ0) is 11.4. The second-order valence-electron chi connectivity index (χ2n) is 3.55. The largest absolute Gasteiger partial charge is 0.399 e. The van der Waals surface area contributed by atoms with E-state index in [2.05, 4.69) is 17.2 Å². The van der Waals surface area contributed by atoms with E-state index in [0.717, 1.165) is 29.3 Å². The number of hydrogen-bond acceptors (Lipinski definition) is 4. The highest BCUT2D eigenvalue weighted by Crippen LogP contribution is 2.16. The standard InChI is InChI=1S/C12H15N3S/c1-2-11-7-15-12(16-11)8-14-10-5-3-9(13)4-6-10/h3-7,14H,2,8,13H2,1H3. The summed E-state index contributed by atoms with van der Waals surface area (Å²) < 4.78 is 0. The fraction of sp³-hybridized carbons (Fsp3) is 0.250. The molecule has 0 aliphatic rings. The Balaban J connectivity index is 1.94. The molecule has 84 valence electrons. The number of nitrogens with zero attached hydrogens (tertiary/aromatic N) is 1. The van der Waals surface area contributed by atoms with E-state index in [4.69, 9.17) is 5.73 Å². The summed E-state index contributed by atoms with van der Waals surface area (Å²) in [7, 11) is 0. The maximum atomic E-state index is 5.62. The van der Waals surface area contributed by atoms with E-state index in [-0.39, 0.29) is 0 Å². The Morgan fingerprint density at radius 2 is 2.06 bits per heavy atom. The second kappa shape index (κ2) is 4.99. The van der Waals surface area contributed by atoms with Gasteiger partial charge in [-0.3, -0.25) is 0 Å². The third kappa shape index (κ3) is 2.73. The topological polar surface area (TPSA) is 50.9 Å². The van der Waals surface area contributed by atoms with Crippen molar-refractivity contribution in [2.45, 2.75) is 19.9 Å². The van der Waals surface area contributed by atoms with Gasteiger partial charge in [-0.25, -0.2) is 4.98 Å². The van der Waals surface area contributed by atoms with Crippen LogP contribution in [0, 0.1) is 0 Å². The highest BCUT2D eigenvalue weighted by Gasteiger charge is 2.00. The van der Waals surface area contributed by atoms with Crippen molar-refractivity contribution >= 4 is 22.7 Å². The van der Waals surface area contributed by atoms with Gasteiger partial charge in [0.1, 0.15) is 5.01 Å². The lowest BCUT2D eigenvalue weighted by molar-refractivity contribution is 1.09. The number of aromatic nitrogens is 1. The van der Waals surface area contributed by atoms with E-state index in [1.165, 1.54) is 4.88 Å². The van der Waals surface area contributed by atoms with Crippen LogP contribution in [0.15, 0.2) is 30.5 Å². The first-order chi connectivity index (χ1) is 7.78. The van der Waals surface area contributed by atoms with Crippen molar-refractivity contribution in [1.82, 2.24) is 4.98 Å². The lowest BCUT2D eigenvalue weighted by Crippen LogP contribution is -1.98. The minimum absolute atomic E-state index is 0.772. The molecular weight excluding hydrogens is 218 g/mol. The van der Waals surface area contributed by atoms with Crippen molar-refractivity contribution in [3.05, 3.63) is 40.3 Å². The molecule has 0 aliphatic carbocycles. The molecule has 0 spiro atoms. The maximum absolute atomic E-state index is 5.62. The molecule has 0 unspecified atom stereocenters. The Morgan fingerprint density at radius 3 is 2.69 bits per heavy atom. The number of nitrogens with one attached hydrogen (secondary N) is 1. The Morgan fingerprint density at radius 1 is 1.31 bits per heavy atom.